The highest BCUT2D eigenvalue weighted by molar-refractivity contribution is 7.99. The summed E-state index contributed by atoms with van der Waals surface area (Å²) in [6.07, 6.45) is 2.59. The van der Waals surface area contributed by atoms with Crippen LogP contribution in [0.5, 0.6) is 0 Å². The van der Waals surface area contributed by atoms with Crippen LogP contribution in [0, 0.1) is 0 Å². The van der Waals surface area contributed by atoms with E-state index in [1.807, 2.05) is 6.07 Å². The van der Waals surface area contributed by atoms with Crippen LogP contribution in [0.15, 0.2) is 35.7 Å². The van der Waals surface area contributed by atoms with E-state index < -0.39 is 0 Å². The van der Waals surface area contributed by atoms with Crippen molar-refractivity contribution in [3.63, 3.8) is 0 Å². The third-order valence-corrected chi connectivity index (χ3v) is 5.28. The van der Waals surface area contributed by atoms with Crippen molar-refractivity contribution in [2.45, 2.75) is 25.4 Å². The van der Waals surface area contributed by atoms with Crippen LogP contribution >= 0.6 is 23.1 Å². The average molecular weight is 290 g/mol. The molecule has 1 fully saturated rings. The van der Waals surface area contributed by atoms with Crippen molar-refractivity contribution in [1.82, 2.24) is 10.3 Å². The number of benzene rings is 1. The van der Waals surface area contributed by atoms with Crippen LogP contribution in [0.25, 0.3) is 11.3 Å². The Hall–Kier alpha value is -0.840. The van der Waals surface area contributed by atoms with Crippen LogP contribution < -0.4 is 5.32 Å². The van der Waals surface area contributed by atoms with Gasteiger partial charge in [-0.05, 0) is 24.3 Å². The number of thiazole rings is 1. The van der Waals surface area contributed by atoms with Gasteiger partial charge in [-0.2, -0.15) is 11.8 Å². The largest absolute Gasteiger partial charge is 0.308 e. The van der Waals surface area contributed by atoms with Gasteiger partial charge >= 0.3 is 0 Å². The topological polar surface area (TPSA) is 24.9 Å². The smallest absolute Gasteiger partial charge is 0.107 e. The Kier molecular flexibility index (Phi) is 4.53. The predicted molar refractivity (Wildman–Crippen MR) is 84.7 cm³/mol. The van der Waals surface area contributed by atoms with E-state index >= 15 is 0 Å². The number of rotatable bonds is 4. The van der Waals surface area contributed by atoms with E-state index in [4.69, 9.17) is 4.98 Å². The van der Waals surface area contributed by atoms with E-state index in [-0.39, 0.29) is 0 Å². The van der Waals surface area contributed by atoms with Crippen molar-refractivity contribution in [2.75, 3.05) is 11.5 Å². The molecule has 0 spiro atoms. The highest BCUT2D eigenvalue weighted by Crippen LogP contribution is 2.22. The summed E-state index contributed by atoms with van der Waals surface area (Å²) in [5, 5.41) is 6.98. The zero-order valence-corrected chi connectivity index (χ0v) is 12.5. The van der Waals surface area contributed by atoms with Gasteiger partial charge in [0.15, 0.2) is 0 Å². The van der Waals surface area contributed by atoms with Gasteiger partial charge in [0.05, 0.1) is 5.69 Å². The van der Waals surface area contributed by atoms with E-state index in [1.54, 1.807) is 11.3 Å². The Balaban J connectivity index is 1.59. The van der Waals surface area contributed by atoms with E-state index in [2.05, 4.69) is 46.7 Å². The second kappa shape index (κ2) is 6.55. The van der Waals surface area contributed by atoms with Crippen LogP contribution in [0.3, 0.4) is 0 Å². The van der Waals surface area contributed by atoms with Gasteiger partial charge in [0.25, 0.3) is 0 Å². The Labute approximate surface area is 122 Å². The Bertz CT molecular complexity index is 504. The molecule has 4 heteroatoms. The summed E-state index contributed by atoms with van der Waals surface area (Å²) in [4.78, 5) is 4.72. The zero-order chi connectivity index (χ0) is 12.9. The van der Waals surface area contributed by atoms with Crippen molar-refractivity contribution < 1.29 is 0 Å². The van der Waals surface area contributed by atoms with Crippen LogP contribution in [0.2, 0.25) is 0 Å². The van der Waals surface area contributed by atoms with Gasteiger partial charge in [0.1, 0.15) is 5.01 Å². The van der Waals surface area contributed by atoms with Gasteiger partial charge in [0.2, 0.25) is 0 Å². The number of nitrogens with zero attached hydrogens (tertiary/aromatic N) is 1. The lowest BCUT2D eigenvalue weighted by Crippen LogP contribution is -2.31. The van der Waals surface area contributed by atoms with Gasteiger partial charge in [-0.15, -0.1) is 11.3 Å². The average Bonchev–Trinajstić information content (AvgIpc) is 2.96. The molecular formula is C15H18N2S2. The van der Waals surface area contributed by atoms with Crippen molar-refractivity contribution >= 4 is 23.1 Å². The van der Waals surface area contributed by atoms with Crippen molar-refractivity contribution in [3.05, 3.63) is 40.7 Å². The molecule has 19 heavy (non-hydrogen) atoms. The Morgan fingerprint density at radius 1 is 1.16 bits per heavy atom. The molecular weight excluding hydrogens is 272 g/mol. The minimum absolute atomic E-state index is 0.685. The molecule has 1 saturated heterocycles. The van der Waals surface area contributed by atoms with Crippen molar-refractivity contribution in [1.29, 1.82) is 0 Å². The summed E-state index contributed by atoms with van der Waals surface area (Å²) >= 11 is 3.82. The highest BCUT2D eigenvalue weighted by Gasteiger charge is 2.13. The van der Waals surface area contributed by atoms with Gasteiger partial charge < -0.3 is 5.32 Å². The molecule has 1 aliphatic rings. The lowest BCUT2D eigenvalue weighted by molar-refractivity contribution is 0.481. The third-order valence-electron chi connectivity index (χ3n) is 3.38. The Morgan fingerprint density at radius 2 is 1.95 bits per heavy atom. The lowest BCUT2D eigenvalue weighted by atomic mass is 10.1. The molecule has 3 rings (SSSR count). The van der Waals surface area contributed by atoms with E-state index in [9.17, 15) is 0 Å². The van der Waals surface area contributed by atoms with Gasteiger partial charge in [-0.3, -0.25) is 0 Å². The molecule has 0 bridgehead atoms. The lowest BCUT2D eigenvalue weighted by Gasteiger charge is -2.21. The fourth-order valence-corrected chi connectivity index (χ4v) is 4.13. The highest BCUT2D eigenvalue weighted by atomic mass is 32.2. The fraction of sp³-hybridized carbons (Fsp3) is 0.400. The van der Waals surface area contributed by atoms with Gasteiger partial charge in [0, 0.05) is 23.5 Å². The molecule has 2 aromatic rings. The molecule has 2 heterocycles. The van der Waals surface area contributed by atoms with E-state index in [0.29, 0.717) is 6.04 Å². The van der Waals surface area contributed by atoms with E-state index in [1.165, 1.54) is 34.9 Å². The first-order chi connectivity index (χ1) is 9.42. The quantitative estimate of drug-likeness (QED) is 0.927. The van der Waals surface area contributed by atoms with Gasteiger partial charge in [-0.1, -0.05) is 30.3 Å². The van der Waals surface area contributed by atoms with Crippen molar-refractivity contribution in [2.24, 2.45) is 0 Å². The zero-order valence-electron chi connectivity index (χ0n) is 10.8. The summed E-state index contributed by atoms with van der Waals surface area (Å²) < 4.78 is 0. The molecule has 0 unspecified atom stereocenters. The number of hydrogen-bond donors (Lipinski definition) is 1. The molecule has 0 radical (unpaired) electrons. The fourth-order valence-electron chi connectivity index (χ4n) is 2.27. The second-order valence-corrected chi connectivity index (χ2v) is 6.93. The first kappa shape index (κ1) is 13.2. The molecule has 0 amide bonds. The molecule has 0 saturated carbocycles. The molecule has 1 aromatic heterocycles. The molecule has 100 valence electrons. The second-order valence-electron chi connectivity index (χ2n) is 4.76. The third kappa shape index (κ3) is 3.59. The Morgan fingerprint density at radius 3 is 2.74 bits per heavy atom. The maximum Gasteiger partial charge on any atom is 0.107 e. The van der Waals surface area contributed by atoms with Crippen LogP contribution in [-0.2, 0) is 6.54 Å². The molecule has 0 atom stereocenters. The predicted octanol–water partition coefficient (Wildman–Crippen LogP) is 3.80. The number of hydrogen-bond acceptors (Lipinski definition) is 4. The van der Waals surface area contributed by atoms with Crippen LogP contribution in [0.4, 0.5) is 0 Å². The van der Waals surface area contributed by atoms with Crippen LogP contribution in [0.1, 0.15) is 17.8 Å². The first-order valence-corrected chi connectivity index (χ1v) is 8.76. The maximum atomic E-state index is 4.72. The summed E-state index contributed by atoms with van der Waals surface area (Å²) in [5.74, 6) is 2.59. The minimum Gasteiger partial charge on any atom is -0.308 e. The maximum absolute atomic E-state index is 4.72. The standard InChI is InChI=1S/C15H18N2S2/c1-2-4-12(5-3-1)14-11-19-15(17-14)10-16-13-6-8-18-9-7-13/h1-5,11,13,16H,6-10H2. The summed E-state index contributed by atoms with van der Waals surface area (Å²) in [7, 11) is 0. The minimum atomic E-state index is 0.685. The van der Waals surface area contributed by atoms with Crippen LogP contribution in [-0.4, -0.2) is 22.5 Å². The monoisotopic (exact) mass is 290 g/mol. The first-order valence-electron chi connectivity index (χ1n) is 6.73. The molecule has 1 N–H and O–H groups in total. The summed E-state index contributed by atoms with van der Waals surface area (Å²) in [6.45, 7) is 0.910. The van der Waals surface area contributed by atoms with Gasteiger partial charge in [-0.25, -0.2) is 4.98 Å². The molecule has 1 aromatic carbocycles. The normalized spacial score (nSPS) is 16.6. The van der Waals surface area contributed by atoms with Crippen molar-refractivity contribution in [3.8, 4) is 11.3 Å². The number of thioether (sulfide) groups is 1. The number of nitrogens with one attached hydrogen (secondary N) is 1. The molecule has 0 aliphatic carbocycles. The molecule has 1 aliphatic heterocycles. The summed E-state index contributed by atoms with van der Waals surface area (Å²) in [5.41, 5.74) is 2.31. The van der Waals surface area contributed by atoms with E-state index in [0.717, 1.165) is 12.2 Å². The number of aromatic nitrogens is 1. The SMILES string of the molecule is c1ccc(-c2csc(CNC3CCSCC3)n2)cc1. The summed E-state index contributed by atoms with van der Waals surface area (Å²) in [6, 6.07) is 11.1. The molecule has 2 nitrogen and oxygen atoms in total.